The summed E-state index contributed by atoms with van der Waals surface area (Å²) in [5.41, 5.74) is 0. The number of carbonyl (C=O) groups excluding carboxylic acids is 1. The van der Waals surface area contributed by atoms with Crippen LogP contribution in [0, 0.1) is 5.92 Å². The molecule has 0 bridgehead atoms. The van der Waals surface area contributed by atoms with Crippen molar-refractivity contribution in [2.75, 3.05) is 26.2 Å². The van der Waals surface area contributed by atoms with Crippen molar-refractivity contribution in [2.24, 2.45) is 5.92 Å². The van der Waals surface area contributed by atoms with Gasteiger partial charge in [0, 0.05) is 31.6 Å². The summed E-state index contributed by atoms with van der Waals surface area (Å²) >= 11 is 0. The number of nitrogens with one attached hydrogen (secondary N) is 1. The quantitative estimate of drug-likeness (QED) is 0.719. The van der Waals surface area contributed by atoms with Crippen LogP contribution in [-0.2, 0) is 9.53 Å². The number of carbonyl (C=O) groups is 1. The first-order valence-corrected chi connectivity index (χ1v) is 7.69. The first-order chi connectivity index (χ1) is 9.06. The van der Waals surface area contributed by atoms with E-state index in [0.717, 1.165) is 32.5 Å². The lowest BCUT2D eigenvalue weighted by molar-refractivity contribution is -0.144. The van der Waals surface area contributed by atoms with Crippen LogP contribution in [0.15, 0.2) is 0 Å². The van der Waals surface area contributed by atoms with Gasteiger partial charge < -0.3 is 10.1 Å². The van der Waals surface area contributed by atoms with Crippen molar-refractivity contribution in [1.82, 2.24) is 10.2 Å². The van der Waals surface area contributed by atoms with Gasteiger partial charge in [-0.1, -0.05) is 6.92 Å². The molecule has 0 aromatic heterocycles. The number of hydrogen-bond acceptors (Lipinski definition) is 4. The maximum Gasteiger partial charge on any atom is 0.306 e. The van der Waals surface area contributed by atoms with Crippen molar-refractivity contribution in [3.63, 3.8) is 0 Å². The Labute approximate surface area is 117 Å². The minimum Gasteiger partial charge on any atom is -0.466 e. The third-order valence-electron chi connectivity index (χ3n) is 3.74. The maximum atomic E-state index is 11.6. The van der Waals surface area contributed by atoms with E-state index < -0.39 is 0 Å². The van der Waals surface area contributed by atoms with Gasteiger partial charge in [0.25, 0.3) is 0 Å². The van der Waals surface area contributed by atoms with E-state index in [1.54, 1.807) is 0 Å². The molecule has 1 aliphatic rings. The van der Waals surface area contributed by atoms with Gasteiger partial charge in [0.05, 0.1) is 6.61 Å². The van der Waals surface area contributed by atoms with E-state index in [4.69, 9.17) is 4.74 Å². The Balaban J connectivity index is 2.51. The highest BCUT2D eigenvalue weighted by molar-refractivity contribution is 5.69. The van der Waals surface area contributed by atoms with Crippen LogP contribution >= 0.6 is 0 Å². The molecule has 112 valence electrons. The van der Waals surface area contributed by atoms with Gasteiger partial charge in [-0.15, -0.1) is 0 Å². The van der Waals surface area contributed by atoms with Crippen LogP contribution in [0.5, 0.6) is 0 Å². The molecule has 1 heterocycles. The summed E-state index contributed by atoms with van der Waals surface area (Å²) in [7, 11) is 0. The van der Waals surface area contributed by atoms with Gasteiger partial charge in [-0.05, 0) is 46.1 Å². The summed E-state index contributed by atoms with van der Waals surface area (Å²) in [6, 6.07) is 1.05. The molecule has 0 amide bonds. The van der Waals surface area contributed by atoms with Gasteiger partial charge in [-0.2, -0.15) is 0 Å². The third-order valence-corrected chi connectivity index (χ3v) is 3.74. The molecular weight excluding hydrogens is 240 g/mol. The van der Waals surface area contributed by atoms with Gasteiger partial charge >= 0.3 is 5.97 Å². The van der Waals surface area contributed by atoms with Crippen molar-refractivity contribution < 1.29 is 9.53 Å². The van der Waals surface area contributed by atoms with Gasteiger partial charge in [0.15, 0.2) is 0 Å². The Morgan fingerprint density at radius 2 is 2.11 bits per heavy atom. The zero-order valence-corrected chi connectivity index (χ0v) is 12.9. The number of esters is 1. The van der Waals surface area contributed by atoms with E-state index in [1.165, 1.54) is 0 Å². The van der Waals surface area contributed by atoms with E-state index in [1.807, 2.05) is 6.92 Å². The van der Waals surface area contributed by atoms with Crippen LogP contribution in [0.3, 0.4) is 0 Å². The lowest BCUT2D eigenvalue weighted by Crippen LogP contribution is -2.51. The van der Waals surface area contributed by atoms with Crippen LogP contribution in [0.1, 0.15) is 47.0 Å². The van der Waals surface area contributed by atoms with Crippen molar-refractivity contribution in [3.8, 4) is 0 Å². The molecule has 1 fully saturated rings. The first-order valence-electron chi connectivity index (χ1n) is 7.69. The molecule has 0 aliphatic carbocycles. The van der Waals surface area contributed by atoms with E-state index in [9.17, 15) is 4.79 Å². The SMILES string of the molecule is CCCNC1CC(CC(=O)OCC)CN(C(C)C)C1. The molecule has 2 atom stereocenters. The zero-order chi connectivity index (χ0) is 14.3. The molecule has 2 unspecified atom stereocenters. The Kier molecular flexibility index (Phi) is 7.39. The van der Waals surface area contributed by atoms with E-state index >= 15 is 0 Å². The van der Waals surface area contributed by atoms with Gasteiger partial charge in [-0.25, -0.2) is 0 Å². The van der Waals surface area contributed by atoms with Crippen LogP contribution in [0.25, 0.3) is 0 Å². The summed E-state index contributed by atoms with van der Waals surface area (Å²) < 4.78 is 5.08. The Morgan fingerprint density at radius 1 is 1.37 bits per heavy atom. The number of nitrogens with zero attached hydrogens (tertiary/aromatic N) is 1. The molecular formula is C15H30N2O2. The highest BCUT2D eigenvalue weighted by Crippen LogP contribution is 2.22. The molecule has 0 saturated carbocycles. The summed E-state index contributed by atoms with van der Waals surface area (Å²) in [5.74, 6) is 0.372. The monoisotopic (exact) mass is 270 g/mol. The largest absolute Gasteiger partial charge is 0.466 e. The van der Waals surface area contributed by atoms with Crippen LogP contribution in [0.4, 0.5) is 0 Å². The van der Waals surface area contributed by atoms with Gasteiger partial charge in [-0.3, -0.25) is 9.69 Å². The number of rotatable bonds is 7. The summed E-state index contributed by atoms with van der Waals surface area (Å²) in [6.07, 6.45) is 2.80. The van der Waals surface area contributed by atoms with Gasteiger partial charge in [0.2, 0.25) is 0 Å². The highest BCUT2D eigenvalue weighted by atomic mass is 16.5. The van der Waals surface area contributed by atoms with E-state index in [0.29, 0.717) is 31.0 Å². The van der Waals surface area contributed by atoms with Crippen molar-refractivity contribution in [2.45, 2.75) is 59.0 Å². The number of piperidine rings is 1. The van der Waals surface area contributed by atoms with E-state index in [2.05, 4.69) is 31.0 Å². The van der Waals surface area contributed by atoms with Crippen LogP contribution in [0.2, 0.25) is 0 Å². The third kappa shape index (κ3) is 5.91. The molecule has 0 spiro atoms. The lowest BCUT2D eigenvalue weighted by Gasteiger charge is -2.40. The summed E-state index contributed by atoms with van der Waals surface area (Å²) in [5, 5.41) is 3.60. The second-order valence-electron chi connectivity index (χ2n) is 5.81. The first kappa shape index (κ1) is 16.4. The molecule has 1 aliphatic heterocycles. The minimum atomic E-state index is -0.0488. The Morgan fingerprint density at radius 3 is 2.68 bits per heavy atom. The normalized spacial score (nSPS) is 24.7. The van der Waals surface area contributed by atoms with Crippen LogP contribution in [-0.4, -0.2) is 49.2 Å². The summed E-state index contributed by atoms with van der Waals surface area (Å²) in [6.45, 7) is 12.2. The molecule has 1 rings (SSSR count). The van der Waals surface area contributed by atoms with Crippen LogP contribution < -0.4 is 5.32 Å². The molecule has 19 heavy (non-hydrogen) atoms. The van der Waals surface area contributed by atoms with Crippen molar-refractivity contribution in [3.05, 3.63) is 0 Å². The number of hydrogen-bond donors (Lipinski definition) is 1. The maximum absolute atomic E-state index is 11.6. The Bertz CT molecular complexity index is 269. The Hall–Kier alpha value is -0.610. The topological polar surface area (TPSA) is 41.6 Å². The summed E-state index contributed by atoms with van der Waals surface area (Å²) in [4.78, 5) is 14.1. The lowest BCUT2D eigenvalue weighted by atomic mass is 9.90. The molecule has 0 aromatic carbocycles. The van der Waals surface area contributed by atoms with Gasteiger partial charge in [0.1, 0.15) is 0 Å². The smallest absolute Gasteiger partial charge is 0.306 e. The molecule has 1 N–H and O–H groups in total. The second kappa shape index (κ2) is 8.54. The second-order valence-corrected chi connectivity index (χ2v) is 5.81. The fraction of sp³-hybridized carbons (Fsp3) is 0.933. The fourth-order valence-electron chi connectivity index (χ4n) is 2.76. The van der Waals surface area contributed by atoms with Crippen molar-refractivity contribution >= 4 is 5.97 Å². The number of likely N-dealkylation sites (tertiary alicyclic amines) is 1. The zero-order valence-electron chi connectivity index (χ0n) is 12.9. The minimum absolute atomic E-state index is 0.0488. The fourth-order valence-corrected chi connectivity index (χ4v) is 2.76. The van der Waals surface area contributed by atoms with Crippen molar-refractivity contribution in [1.29, 1.82) is 0 Å². The molecule has 0 radical (unpaired) electrons. The average Bonchev–Trinajstić information content (AvgIpc) is 2.36. The number of ether oxygens (including phenoxy) is 1. The molecule has 4 heteroatoms. The standard InChI is InChI=1S/C15H30N2O2/c1-5-7-16-14-8-13(9-15(18)19-6-2)10-17(11-14)12(3)4/h12-14,16H,5-11H2,1-4H3. The molecule has 0 aromatic rings. The molecule has 4 nitrogen and oxygen atoms in total. The highest BCUT2D eigenvalue weighted by Gasteiger charge is 2.29. The average molecular weight is 270 g/mol. The predicted octanol–water partition coefficient (Wildman–Crippen LogP) is 2.04. The predicted molar refractivity (Wildman–Crippen MR) is 78.1 cm³/mol. The van der Waals surface area contributed by atoms with E-state index in [-0.39, 0.29) is 5.97 Å². The molecule has 1 saturated heterocycles.